The lowest BCUT2D eigenvalue weighted by atomic mass is 10.0. The van der Waals surface area contributed by atoms with Crippen LogP contribution < -0.4 is 26.6 Å². The van der Waals surface area contributed by atoms with Crippen molar-refractivity contribution >= 4 is 17.5 Å². The van der Waals surface area contributed by atoms with Gasteiger partial charge in [0.2, 0.25) is 11.8 Å². The third-order valence-electron chi connectivity index (χ3n) is 5.97. The molecule has 2 aliphatic heterocycles. The van der Waals surface area contributed by atoms with Gasteiger partial charge in [-0.25, -0.2) is 4.39 Å². The number of hydrogen-bond donors (Lipinski definition) is 5. The zero-order valence-corrected chi connectivity index (χ0v) is 16.7. The Morgan fingerprint density at radius 1 is 1.27 bits per heavy atom. The molecule has 9 heteroatoms. The van der Waals surface area contributed by atoms with Gasteiger partial charge < -0.3 is 26.6 Å². The standard InChI is InChI=1S/C21H27FN6O2/c22-14-3-1-2-13-9-16(26-19(13)14)21(30)27-15(8-12-4-5-12)20(29)28-17(10-23)18-11-24-6-7-25-18/h1-3,12,15-18,24-26H,4-9,11H2,(H,27,30)(H,28,29). The maximum Gasteiger partial charge on any atom is 0.243 e. The molecule has 5 N–H and O–H groups in total. The topological polar surface area (TPSA) is 118 Å². The maximum atomic E-state index is 14.0. The number of nitrogens with zero attached hydrogens (tertiary/aromatic N) is 1. The predicted octanol–water partition coefficient (Wildman–Crippen LogP) is 0.0170. The number of anilines is 1. The van der Waals surface area contributed by atoms with E-state index in [1.54, 1.807) is 12.1 Å². The largest absolute Gasteiger partial charge is 0.371 e. The lowest BCUT2D eigenvalue weighted by Gasteiger charge is -2.30. The van der Waals surface area contributed by atoms with E-state index in [9.17, 15) is 19.2 Å². The lowest BCUT2D eigenvalue weighted by molar-refractivity contribution is -0.129. The van der Waals surface area contributed by atoms with Crippen LogP contribution in [0.15, 0.2) is 18.2 Å². The minimum Gasteiger partial charge on any atom is -0.371 e. The van der Waals surface area contributed by atoms with Gasteiger partial charge in [-0.2, -0.15) is 5.26 Å². The molecule has 3 aliphatic rings. The Morgan fingerprint density at radius 2 is 2.10 bits per heavy atom. The van der Waals surface area contributed by atoms with Crippen molar-refractivity contribution in [2.75, 3.05) is 25.0 Å². The van der Waals surface area contributed by atoms with E-state index in [0.717, 1.165) is 31.5 Å². The Kier molecular flexibility index (Phi) is 6.16. The van der Waals surface area contributed by atoms with E-state index in [1.807, 2.05) is 0 Å². The molecule has 2 fully saturated rings. The molecule has 1 saturated heterocycles. The molecule has 160 valence electrons. The monoisotopic (exact) mass is 414 g/mol. The number of benzene rings is 1. The first-order valence-electron chi connectivity index (χ1n) is 10.5. The number of nitriles is 1. The van der Waals surface area contributed by atoms with Crippen LogP contribution in [-0.2, 0) is 16.0 Å². The molecule has 1 saturated carbocycles. The number of para-hydroxylation sites is 1. The first-order chi connectivity index (χ1) is 14.5. The van der Waals surface area contributed by atoms with Crippen molar-refractivity contribution in [3.05, 3.63) is 29.6 Å². The quantitative estimate of drug-likeness (QED) is 0.429. The van der Waals surface area contributed by atoms with Crippen LogP contribution in [-0.4, -0.2) is 55.6 Å². The molecule has 1 aliphatic carbocycles. The average Bonchev–Trinajstić information content (AvgIpc) is 3.46. The van der Waals surface area contributed by atoms with E-state index in [2.05, 4.69) is 32.7 Å². The van der Waals surface area contributed by atoms with Gasteiger partial charge in [0.15, 0.2) is 0 Å². The fourth-order valence-electron chi connectivity index (χ4n) is 4.08. The number of carbonyl (C=O) groups is 2. The molecule has 4 rings (SSSR count). The van der Waals surface area contributed by atoms with Gasteiger partial charge in [-0.3, -0.25) is 9.59 Å². The molecule has 4 atom stereocenters. The van der Waals surface area contributed by atoms with E-state index in [-0.39, 0.29) is 23.7 Å². The normalized spacial score (nSPS) is 24.7. The summed E-state index contributed by atoms with van der Waals surface area (Å²) in [7, 11) is 0. The van der Waals surface area contributed by atoms with Crippen LogP contribution in [0.1, 0.15) is 24.8 Å². The number of rotatable bonds is 7. The van der Waals surface area contributed by atoms with E-state index in [1.165, 1.54) is 6.07 Å². The van der Waals surface area contributed by atoms with E-state index in [0.29, 0.717) is 31.0 Å². The van der Waals surface area contributed by atoms with Gasteiger partial charge in [-0.15, -0.1) is 0 Å². The van der Waals surface area contributed by atoms with Gasteiger partial charge in [-0.1, -0.05) is 25.0 Å². The summed E-state index contributed by atoms with van der Waals surface area (Å²) < 4.78 is 14.0. The first kappa shape index (κ1) is 20.6. The molecule has 2 heterocycles. The molecule has 8 nitrogen and oxygen atoms in total. The Morgan fingerprint density at radius 3 is 2.77 bits per heavy atom. The summed E-state index contributed by atoms with van der Waals surface area (Å²) in [6, 6.07) is 4.71. The van der Waals surface area contributed by atoms with Crippen molar-refractivity contribution in [1.82, 2.24) is 21.3 Å². The lowest BCUT2D eigenvalue weighted by Crippen LogP contribution is -2.61. The molecule has 0 aromatic heterocycles. The molecule has 0 bridgehead atoms. The fraction of sp³-hybridized carbons (Fsp3) is 0.571. The van der Waals surface area contributed by atoms with Crippen LogP contribution in [0.4, 0.5) is 10.1 Å². The van der Waals surface area contributed by atoms with Gasteiger partial charge in [0, 0.05) is 26.1 Å². The van der Waals surface area contributed by atoms with Crippen LogP contribution in [0.2, 0.25) is 0 Å². The van der Waals surface area contributed by atoms with Crippen molar-refractivity contribution in [3.63, 3.8) is 0 Å². The second-order valence-electron chi connectivity index (χ2n) is 8.30. The van der Waals surface area contributed by atoms with E-state index in [4.69, 9.17) is 0 Å². The minimum absolute atomic E-state index is 0.182. The number of piperazine rings is 1. The van der Waals surface area contributed by atoms with Crippen molar-refractivity contribution in [2.45, 2.75) is 49.9 Å². The van der Waals surface area contributed by atoms with Crippen LogP contribution in [0.3, 0.4) is 0 Å². The predicted molar refractivity (Wildman–Crippen MR) is 109 cm³/mol. The zero-order chi connectivity index (χ0) is 21.1. The van der Waals surface area contributed by atoms with Gasteiger partial charge in [0.1, 0.15) is 23.9 Å². The van der Waals surface area contributed by atoms with Crippen molar-refractivity contribution in [1.29, 1.82) is 5.26 Å². The number of fused-ring (bicyclic) bond motifs is 1. The number of hydrogen-bond acceptors (Lipinski definition) is 6. The van der Waals surface area contributed by atoms with Crippen LogP contribution >= 0.6 is 0 Å². The van der Waals surface area contributed by atoms with Gasteiger partial charge >= 0.3 is 0 Å². The Balaban J connectivity index is 1.38. The molecular weight excluding hydrogens is 387 g/mol. The van der Waals surface area contributed by atoms with Crippen LogP contribution in [0.5, 0.6) is 0 Å². The van der Waals surface area contributed by atoms with Crippen molar-refractivity contribution in [3.8, 4) is 6.07 Å². The second-order valence-corrected chi connectivity index (χ2v) is 8.30. The molecule has 2 amide bonds. The molecule has 30 heavy (non-hydrogen) atoms. The highest BCUT2D eigenvalue weighted by Gasteiger charge is 2.36. The number of nitrogens with one attached hydrogen (secondary N) is 5. The Bertz CT molecular complexity index is 846. The third-order valence-corrected chi connectivity index (χ3v) is 5.97. The molecule has 4 unspecified atom stereocenters. The summed E-state index contributed by atoms with van der Waals surface area (Å²) in [5, 5.41) is 24.5. The minimum atomic E-state index is -0.715. The summed E-state index contributed by atoms with van der Waals surface area (Å²) in [6.07, 6.45) is 2.98. The molecule has 0 spiro atoms. The highest BCUT2D eigenvalue weighted by atomic mass is 19.1. The molecule has 0 radical (unpaired) electrons. The summed E-state index contributed by atoms with van der Waals surface area (Å²) in [6.45, 7) is 2.14. The molecule has 1 aromatic carbocycles. The number of halogens is 1. The van der Waals surface area contributed by atoms with Gasteiger partial charge in [0.25, 0.3) is 0 Å². The SMILES string of the molecule is N#CC(NC(=O)C(CC1CC1)NC(=O)C1Cc2cccc(F)c2N1)C1CNCCN1. The molecular formula is C21H27FN6O2. The Hall–Kier alpha value is -2.70. The molecule has 1 aromatic rings. The van der Waals surface area contributed by atoms with Gasteiger partial charge in [-0.05, 0) is 24.0 Å². The smallest absolute Gasteiger partial charge is 0.243 e. The van der Waals surface area contributed by atoms with Crippen molar-refractivity contribution < 1.29 is 14.0 Å². The highest BCUT2D eigenvalue weighted by Crippen LogP contribution is 2.34. The summed E-state index contributed by atoms with van der Waals surface area (Å²) >= 11 is 0. The summed E-state index contributed by atoms with van der Waals surface area (Å²) in [4.78, 5) is 25.8. The third kappa shape index (κ3) is 4.71. The summed E-state index contributed by atoms with van der Waals surface area (Å²) in [5.74, 6) is -0.670. The first-order valence-corrected chi connectivity index (χ1v) is 10.5. The summed E-state index contributed by atoms with van der Waals surface area (Å²) in [5.41, 5.74) is 1.10. The maximum absolute atomic E-state index is 14.0. The second kappa shape index (κ2) is 8.98. The van der Waals surface area contributed by atoms with Crippen LogP contribution in [0, 0.1) is 23.1 Å². The number of carbonyl (C=O) groups excluding carboxylic acids is 2. The van der Waals surface area contributed by atoms with E-state index >= 15 is 0 Å². The zero-order valence-electron chi connectivity index (χ0n) is 16.7. The highest BCUT2D eigenvalue weighted by molar-refractivity contribution is 5.92. The fourth-order valence-corrected chi connectivity index (χ4v) is 4.08. The Labute approximate surface area is 175 Å². The van der Waals surface area contributed by atoms with Gasteiger partial charge in [0.05, 0.1) is 17.8 Å². The average molecular weight is 414 g/mol. The number of amides is 2. The van der Waals surface area contributed by atoms with E-state index < -0.39 is 18.1 Å². The van der Waals surface area contributed by atoms with Crippen LogP contribution in [0.25, 0.3) is 0 Å². The van der Waals surface area contributed by atoms with Crippen molar-refractivity contribution in [2.24, 2.45) is 5.92 Å².